The molecule has 7 aromatic rings. The van der Waals surface area contributed by atoms with Gasteiger partial charge in [0.15, 0.2) is 0 Å². The molecule has 0 radical (unpaired) electrons. The molecule has 0 amide bonds. The predicted octanol–water partition coefficient (Wildman–Crippen LogP) is 18.0. The summed E-state index contributed by atoms with van der Waals surface area (Å²) in [4.78, 5) is 5.39. The van der Waals surface area contributed by atoms with E-state index in [1.165, 1.54) is 138 Å². The van der Waals surface area contributed by atoms with Crippen LogP contribution >= 0.6 is 0 Å². The zero-order valence-corrected chi connectivity index (χ0v) is 48.7. The van der Waals surface area contributed by atoms with Gasteiger partial charge in [-0.05, 0) is 223 Å². The van der Waals surface area contributed by atoms with Crippen LogP contribution in [0.4, 0.5) is 34.1 Å². The third-order valence-corrected chi connectivity index (χ3v) is 20.8. The molecule has 4 heteroatoms. The first-order valence-corrected chi connectivity index (χ1v) is 29.0. The van der Waals surface area contributed by atoms with Gasteiger partial charge in [0.05, 0.1) is 17.0 Å². The van der Waals surface area contributed by atoms with Crippen molar-refractivity contribution in [1.29, 1.82) is 0 Å². The minimum Gasteiger partial charge on any atom is -0.468 e. The van der Waals surface area contributed by atoms with Crippen LogP contribution in [-0.2, 0) is 37.9 Å². The highest BCUT2D eigenvalue weighted by Gasteiger charge is 2.51. The summed E-state index contributed by atoms with van der Waals surface area (Å²) in [5.74, 6) is 1.24. The van der Waals surface area contributed by atoms with Gasteiger partial charge >= 0.3 is 0 Å². The summed E-state index contributed by atoms with van der Waals surface area (Å²) < 4.78 is 7.81. The van der Waals surface area contributed by atoms with E-state index in [0.29, 0.717) is 5.92 Å². The van der Waals surface area contributed by atoms with Crippen LogP contribution in [0.2, 0.25) is 0 Å². The molecule has 3 atom stereocenters. The maximum atomic E-state index is 7.81. The molecule has 13 rings (SSSR count). The second kappa shape index (κ2) is 15.6. The van der Waals surface area contributed by atoms with Crippen LogP contribution in [-0.4, -0.2) is 6.71 Å². The largest absolute Gasteiger partial charge is 0.468 e. The third-order valence-electron chi connectivity index (χ3n) is 20.8. The molecule has 1 aromatic heterocycles. The SMILES string of the molecule is Cc1cc2c3c(c1)N(c1ccc4c(c1)C(C)(C)CCC4(C)C)c1c(oc4cc5c(cc14)C1(C)CCC(C1)C5C)B3c1cc3c(cc1N2c1ccc(C(C)(C)C)cc1-c1ccc(C(C)(C)C)cc1)C(C)(C)CCC3(C)C. The van der Waals surface area contributed by atoms with Gasteiger partial charge < -0.3 is 14.2 Å². The smallest absolute Gasteiger partial charge is 0.297 e. The van der Waals surface area contributed by atoms with Crippen LogP contribution in [0.5, 0.6) is 0 Å². The quantitative estimate of drug-likeness (QED) is 0.165. The van der Waals surface area contributed by atoms with Gasteiger partial charge in [0.25, 0.3) is 6.71 Å². The zero-order valence-electron chi connectivity index (χ0n) is 48.7. The van der Waals surface area contributed by atoms with Crippen LogP contribution < -0.4 is 26.4 Å². The number of anilines is 6. The van der Waals surface area contributed by atoms with Crippen LogP contribution in [0.15, 0.2) is 101 Å². The van der Waals surface area contributed by atoms with Crippen molar-refractivity contribution in [3.63, 3.8) is 0 Å². The molecule has 0 spiro atoms. The van der Waals surface area contributed by atoms with Crippen molar-refractivity contribution in [2.75, 3.05) is 9.80 Å². The lowest BCUT2D eigenvalue weighted by Gasteiger charge is -2.47. The highest BCUT2D eigenvalue weighted by molar-refractivity contribution is 7.00. The van der Waals surface area contributed by atoms with Gasteiger partial charge in [-0.3, -0.25) is 0 Å². The number of hydrogen-bond acceptors (Lipinski definition) is 3. The summed E-state index contributed by atoms with van der Waals surface area (Å²) >= 11 is 0. The van der Waals surface area contributed by atoms with Gasteiger partial charge in [-0.25, -0.2) is 0 Å². The Labute approximate surface area is 451 Å². The van der Waals surface area contributed by atoms with Crippen molar-refractivity contribution < 1.29 is 4.42 Å². The maximum Gasteiger partial charge on any atom is 0.297 e. The molecular formula is C71H83BN2O. The minimum atomic E-state index is -0.121. The molecule has 0 N–H and O–H groups in total. The van der Waals surface area contributed by atoms with Gasteiger partial charge in [0.1, 0.15) is 5.58 Å². The first-order valence-electron chi connectivity index (χ1n) is 29.0. The van der Waals surface area contributed by atoms with Crippen molar-refractivity contribution in [2.24, 2.45) is 5.92 Å². The highest BCUT2D eigenvalue weighted by Crippen LogP contribution is 2.59. The van der Waals surface area contributed by atoms with Gasteiger partial charge in [-0.2, -0.15) is 0 Å². The van der Waals surface area contributed by atoms with Crippen LogP contribution in [0.1, 0.15) is 212 Å². The fraction of sp³-hybridized carbons (Fsp3) is 0.465. The van der Waals surface area contributed by atoms with Gasteiger partial charge in [-0.15, -0.1) is 0 Å². The molecule has 386 valence electrons. The summed E-state index contributed by atoms with van der Waals surface area (Å²) in [5, 5.41) is 1.26. The lowest BCUT2D eigenvalue weighted by molar-refractivity contribution is 0.332. The lowest BCUT2D eigenvalue weighted by atomic mass is 9.35. The Balaban J connectivity index is 1.16. The fourth-order valence-electron chi connectivity index (χ4n) is 15.7. The molecule has 1 fully saturated rings. The number of fused-ring (bicyclic) bond motifs is 12. The number of nitrogens with zero attached hydrogens (tertiary/aromatic N) is 2. The van der Waals surface area contributed by atoms with Crippen molar-refractivity contribution in [3.8, 4) is 11.1 Å². The van der Waals surface area contributed by atoms with Crippen molar-refractivity contribution in [3.05, 3.63) is 147 Å². The molecular weight excluding hydrogens is 908 g/mol. The summed E-state index contributed by atoms with van der Waals surface area (Å²) in [5.41, 5.74) is 28.1. The fourth-order valence-corrected chi connectivity index (χ4v) is 15.7. The molecule has 75 heavy (non-hydrogen) atoms. The maximum absolute atomic E-state index is 7.81. The second-order valence-electron chi connectivity index (χ2n) is 30.0. The minimum absolute atomic E-state index is 0.0131. The van der Waals surface area contributed by atoms with Crippen LogP contribution in [0.25, 0.3) is 22.1 Å². The zero-order chi connectivity index (χ0) is 53.1. The first-order chi connectivity index (χ1) is 35.1. The first kappa shape index (κ1) is 49.1. The highest BCUT2D eigenvalue weighted by atomic mass is 16.3. The van der Waals surface area contributed by atoms with Crippen molar-refractivity contribution in [2.45, 2.75) is 206 Å². The Morgan fingerprint density at radius 1 is 0.547 bits per heavy atom. The predicted molar refractivity (Wildman–Crippen MR) is 321 cm³/mol. The average Bonchev–Trinajstić information content (AvgIpc) is 4.02. The lowest BCUT2D eigenvalue weighted by Crippen LogP contribution is -2.61. The summed E-state index contributed by atoms with van der Waals surface area (Å²) in [6.07, 6.45) is 8.51. The molecule has 0 saturated heterocycles. The van der Waals surface area contributed by atoms with E-state index in [4.69, 9.17) is 4.42 Å². The standard InChI is InChI=1S/C71H83BN2O/c1-41-32-59-62-60(33-41)74(57-25-22-46(66(6,7)8)34-49(57)43-18-20-45(21-19-43)65(3,4)5)58-39-55-54(69(13,14)30-31-70(55,15)16)38-56(58)72(62)64-63(73(59)47-23-24-51-53(35-47)68(11,12)29-28-67(51,9)10)50-36-52-48(37-61(50)75-64)42(2)44-26-27-71(52,17)40-44/h18-25,32-39,42,44H,26-31,40H2,1-17H3. The van der Waals surface area contributed by atoms with Gasteiger partial charge in [-0.1, -0.05) is 153 Å². The summed E-state index contributed by atoms with van der Waals surface area (Å²) in [6.45, 7) is 41.1. The van der Waals surface area contributed by atoms with E-state index in [9.17, 15) is 0 Å². The van der Waals surface area contributed by atoms with Crippen molar-refractivity contribution in [1.82, 2.24) is 0 Å². The van der Waals surface area contributed by atoms with E-state index in [1.54, 1.807) is 5.56 Å². The normalized spacial score (nSPS) is 23.3. The number of aryl methyl sites for hydroxylation is 1. The van der Waals surface area contributed by atoms with Crippen molar-refractivity contribution >= 4 is 68.4 Å². The Bertz CT molecular complexity index is 3570. The van der Waals surface area contributed by atoms with E-state index in [1.807, 2.05) is 0 Å². The van der Waals surface area contributed by atoms with E-state index in [0.717, 1.165) is 30.0 Å². The Morgan fingerprint density at radius 3 is 1.77 bits per heavy atom. The van der Waals surface area contributed by atoms with E-state index in [2.05, 4.69) is 225 Å². The number of furan rings is 1. The van der Waals surface area contributed by atoms with Crippen LogP contribution in [0.3, 0.4) is 0 Å². The molecule has 6 aliphatic rings. The Kier molecular flexibility index (Phi) is 10.2. The molecule has 2 aliphatic heterocycles. The monoisotopic (exact) mass is 991 g/mol. The Hall–Kier alpha value is -5.48. The Morgan fingerprint density at radius 2 is 1.13 bits per heavy atom. The van der Waals surface area contributed by atoms with E-state index < -0.39 is 0 Å². The molecule has 1 saturated carbocycles. The van der Waals surface area contributed by atoms with Crippen LogP contribution in [0, 0.1) is 12.8 Å². The number of benzene rings is 6. The number of rotatable bonds is 3. The summed E-state index contributed by atoms with van der Waals surface area (Å²) in [6, 6.07) is 40.0. The molecule has 4 aliphatic carbocycles. The van der Waals surface area contributed by atoms with E-state index >= 15 is 0 Å². The molecule has 2 bridgehead atoms. The average molecular weight is 991 g/mol. The topological polar surface area (TPSA) is 19.6 Å². The second-order valence-corrected chi connectivity index (χ2v) is 30.0. The third kappa shape index (κ3) is 7.18. The van der Waals surface area contributed by atoms with Gasteiger partial charge in [0.2, 0.25) is 0 Å². The molecule has 6 aromatic carbocycles. The number of hydrogen-bond donors (Lipinski definition) is 0. The molecule has 3 heterocycles. The molecule has 3 unspecified atom stereocenters. The molecule has 3 nitrogen and oxygen atoms in total. The van der Waals surface area contributed by atoms with E-state index in [-0.39, 0.29) is 44.6 Å². The summed E-state index contributed by atoms with van der Waals surface area (Å²) in [7, 11) is 0. The van der Waals surface area contributed by atoms with Gasteiger partial charge in [0, 0.05) is 33.7 Å².